The Hall–Kier alpha value is -3.62. The van der Waals surface area contributed by atoms with Gasteiger partial charge in [-0.3, -0.25) is 9.59 Å². The smallest absolute Gasteiger partial charge is 0.287 e. The molecule has 0 saturated carbocycles. The van der Waals surface area contributed by atoms with Crippen LogP contribution in [0, 0.1) is 0 Å². The molecule has 2 heterocycles. The number of carbonyl (C=O) groups excluding carboxylic acids is 2. The van der Waals surface area contributed by atoms with Gasteiger partial charge in [0.25, 0.3) is 5.91 Å². The van der Waals surface area contributed by atoms with E-state index in [1.165, 1.54) is 12.3 Å². The number of rotatable bonds is 11. The second-order valence-electron chi connectivity index (χ2n) is 6.56. The molecule has 0 fully saturated rings. The Balaban J connectivity index is 1.28. The second kappa shape index (κ2) is 10.8. The van der Waals surface area contributed by atoms with Crippen molar-refractivity contribution in [3.05, 3.63) is 54.3 Å². The molecular weight excluding hydrogens is 388 g/mol. The summed E-state index contributed by atoms with van der Waals surface area (Å²) >= 11 is 0. The van der Waals surface area contributed by atoms with Gasteiger partial charge in [0.15, 0.2) is 5.76 Å². The van der Waals surface area contributed by atoms with E-state index in [1.807, 2.05) is 24.3 Å². The molecule has 0 unspecified atom stereocenters. The van der Waals surface area contributed by atoms with Gasteiger partial charge in [0.1, 0.15) is 5.75 Å². The topological polar surface area (TPSA) is 119 Å². The number of aryl methyl sites for hydroxylation is 1. The lowest BCUT2D eigenvalue weighted by atomic mass is 10.2. The Morgan fingerprint density at radius 2 is 1.90 bits per heavy atom. The van der Waals surface area contributed by atoms with Crippen LogP contribution in [0.15, 0.2) is 51.6 Å². The van der Waals surface area contributed by atoms with Gasteiger partial charge in [-0.05, 0) is 49.2 Å². The van der Waals surface area contributed by atoms with Gasteiger partial charge < -0.3 is 24.3 Å². The molecule has 0 atom stereocenters. The highest BCUT2D eigenvalue weighted by Gasteiger charge is 2.10. The van der Waals surface area contributed by atoms with Gasteiger partial charge in [-0.2, -0.15) is 4.98 Å². The zero-order valence-corrected chi connectivity index (χ0v) is 16.7. The number of hydrogen-bond acceptors (Lipinski definition) is 7. The normalized spacial score (nSPS) is 10.6. The molecule has 9 nitrogen and oxygen atoms in total. The van der Waals surface area contributed by atoms with Crippen LogP contribution in [0.2, 0.25) is 0 Å². The van der Waals surface area contributed by atoms with Crippen molar-refractivity contribution in [1.82, 2.24) is 20.8 Å². The minimum Gasteiger partial charge on any atom is -0.497 e. The van der Waals surface area contributed by atoms with Gasteiger partial charge in [-0.25, -0.2) is 0 Å². The van der Waals surface area contributed by atoms with Crippen molar-refractivity contribution in [2.24, 2.45) is 0 Å². The maximum absolute atomic E-state index is 11.8. The first-order valence-corrected chi connectivity index (χ1v) is 9.71. The molecule has 3 rings (SSSR count). The largest absolute Gasteiger partial charge is 0.497 e. The van der Waals surface area contributed by atoms with E-state index >= 15 is 0 Å². The zero-order chi connectivity index (χ0) is 21.2. The molecule has 0 bridgehead atoms. The van der Waals surface area contributed by atoms with Gasteiger partial charge in [0.05, 0.1) is 19.9 Å². The fraction of sp³-hybridized carbons (Fsp3) is 0.333. The summed E-state index contributed by atoms with van der Waals surface area (Å²) in [6, 6.07) is 10.6. The maximum atomic E-state index is 11.8. The number of furan rings is 1. The fourth-order valence-electron chi connectivity index (χ4n) is 2.74. The van der Waals surface area contributed by atoms with Gasteiger partial charge in [-0.1, -0.05) is 11.6 Å². The van der Waals surface area contributed by atoms with Crippen molar-refractivity contribution < 1.29 is 23.3 Å². The second-order valence-corrected chi connectivity index (χ2v) is 6.56. The lowest BCUT2D eigenvalue weighted by molar-refractivity contribution is -0.120. The Kier molecular flexibility index (Phi) is 7.59. The Labute approximate surface area is 173 Å². The van der Waals surface area contributed by atoms with Gasteiger partial charge >= 0.3 is 0 Å². The van der Waals surface area contributed by atoms with E-state index in [2.05, 4.69) is 20.8 Å². The van der Waals surface area contributed by atoms with E-state index in [0.717, 1.165) is 30.6 Å². The van der Waals surface area contributed by atoms with Crippen LogP contribution >= 0.6 is 0 Å². The first-order valence-electron chi connectivity index (χ1n) is 9.71. The molecule has 2 aromatic heterocycles. The predicted octanol–water partition coefficient (Wildman–Crippen LogP) is 2.60. The Bertz CT molecular complexity index is 935. The number of nitrogens with one attached hydrogen (secondary N) is 2. The van der Waals surface area contributed by atoms with E-state index in [0.29, 0.717) is 24.7 Å². The maximum Gasteiger partial charge on any atom is 0.287 e. The molecule has 0 aliphatic carbocycles. The van der Waals surface area contributed by atoms with Crippen molar-refractivity contribution in [2.45, 2.75) is 25.7 Å². The van der Waals surface area contributed by atoms with E-state index in [9.17, 15) is 9.59 Å². The number of benzene rings is 1. The summed E-state index contributed by atoms with van der Waals surface area (Å²) in [5.74, 6) is 1.44. The standard InChI is InChI=1S/C21H24N4O5/c1-28-16-10-8-15(9-11-16)20-24-19(30-25-20)7-3-2-4-12-22-18(26)14-23-21(27)17-6-5-13-29-17/h5-6,8-11,13H,2-4,7,12,14H2,1H3,(H,22,26)(H,23,27). The summed E-state index contributed by atoms with van der Waals surface area (Å²) in [6.45, 7) is 0.450. The molecule has 0 aliphatic rings. The van der Waals surface area contributed by atoms with Crippen LogP contribution in [0.3, 0.4) is 0 Å². The third-order valence-electron chi connectivity index (χ3n) is 4.36. The first-order chi connectivity index (χ1) is 14.7. The molecule has 2 amide bonds. The number of unbranched alkanes of at least 4 members (excludes halogenated alkanes) is 2. The van der Waals surface area contributed by atoms with Crippen LogP contribution in [-0.2, 0) is 11.2 Å². The third kappa shape index (κ3) is 6.20. The summed E-state index contributed by atoms with van der Waals surface area (Å²) < 4.78 is 15.4. The molecule has 1 aromatic carbocycles. The summed E-state index contributed by atoms with van der Waals surface area (Å²) in [6.07, 6.45) is 4.67. The summed E-state index contributed by atoms with van der Waals surface area (Å²) in [4.78, 5) is 27.8. The SMILES string of the molecule is COc1ccc(-c2noc(CCCCCNC(=O)CNC(=O)c3ccco3)n2)cc1. The molecule has 0 aliphatic heterocycles. The molecule has 9 heteroatoms. The van der Waals surface area contributed by atoms with Gasteiger partial charge in [0, 0.05) is 18.5 Å². The zero-order valence-electron chi connectivity index (χ0n) is 16.7. The van der Waals surface area contributed by atoms with Crippen LogP contribution in [0.25, 0.3) is 11.4 Å². The average Bonchev–Trinajstić information content (AvgIpc) is 3.47. The van der Waals surface area contributed by atoms with Crippen LogP contribution in [0.5, 0.6) is 5.75 Å². The number of aromatic nitrogens is 2. The van der Waals surface area contributed by atoms with E-state index in [4.69, 9.17) is 13.7 Å². The molecule has 2 N–H and O–H groups in total. The monoisotopic (exact) mass is 412 g/mol. The number of carbonyl (C=O) groups is 2. The summed E-state index contributed by atoms with van der Waals surface area (Å²) in [5.41, 5.74) is 0.868. The van der Waals surface area contributed by atoms with Crippen molar-refractivity contribution in [3.8, 4) is 17.1 Å². The predicted molar refractivity (Wildman–Crippen MR) is 108 cm³/mol. The van der Waals surface area contributed by atoms with Crippen molar-refractivity contribution >= 4 is 11.8 Å². The molecule has 0 spiro atoms. The summed E-state index contributed by atoms with van der Waals surface area (Å²) in [5, 5.41) is 9.28. The highest BCUT2D eigenvalue weighted by atomic mass is 16.5. The number of nitrogens with zero attached hydrogens (tertiary/aromatic N) is 2. The Morgan fingerprint density at radius 3 is 2.63 bits per heavy atom. The van der Waals surface area contributed by atoms with Crippen molar-refractivity contribution in [2.75, 3.05) is 20.2 Å². The van der Waals surface area contributed by atoms with Gasteiger partial charge in [0.2, 0.25) is 17.6 Å². The van der Waals surface area contributed by atoms with Gasteiger partial charge in [-0.15, -0.1) is 0 Å². The molecule has 158 valence electrons. The molecular formula is C21H24N4O5. The lowest BCUT2D eigenvalue weighted by Gasteiger charge is -2.05. The quantitative estimate of drug-likeness (QED) is 0.465. The fourth-order valence-corrected chi connectivity index (χ4v) is 2.74. The first kappa shape index (κ1) is 21.1. The third-order valence-corrected chi connectivity index (χ3v) is 4.36. The molecule has 30 heavy (non-hydrogen) atoms. The Morgan fingerprint density at radius 1 is 1.07 bits per heavy atom. The minimum atomic E-state index is -0.413. The molecule has 0 saturated heterocycles. The number of methoxy groups -OCH3 is 1. The van der Waals surface area contributed by atoms with Crippen LogP contribution in [-0.4, -0.2) is 42.2 Å². The summed E-state index contributed by atoms with van der Waals surface area (Å²) in [7, 11) is 1.62. The number of amides is 2. The van der Waals surface area contributed by atoms with E-state index in [-0.39, 0.29) is 18.2 Å². The number of hydrogen-bond donors (Lipinski definition) is 2. The van der Waals surface area contributed by atoms with Crippen molar-refractivity contribution in [3.63, 3.8) is 0 Å². The highest BCUT2D eigenvalue weighted by molar-refractivity contribution is 5.94. The molecule has 3 aromatic rings. The average molecular weight is 412 g/mol. The van der Waals surface area contributed by atoms with E-state index < -0.39 is 5.91 Å². The number of ether oxygens (including phenoxy) is 1. The molecule has 0 radical (unpaired) electrons. The van der Waals surface area contributed by atoms with Crippen molar-refractivity contribution in [1.29, 1.82) is 0 Å². The van der Waals surface area contributed by atoms with Crippen LogP contribution in [0.1, 0.15) is 35.7 Å². The lowest BCUT2D eigenvalue weighted by Crippen LogP contribution is -2.37. The highest BCUT2D eigenvalue weighted by Crippen LogP contribution is 2.20. The minimum absolute atomic E-state index is 0.0876. The van der Waals surface area contributed by atoms with Crippen LogP contribution < -0.4 is 15.4 Å². The van der Waals surface area contributed by atoms with Crippen LogP contribution in [0.4, 0.5) is 0 Å². The van der Waals surface area contributed by atoms with E-state index in [1.54, 1.807) is 13.2 Å².